The third kappa shape index (κ3) is 8.05. The molecule has 0 aliphatic heterocycles. The predicted octanol–water partition coefficient (Wildman–Crippen LogP) is 8.02. The first-order valence-electron chi connectivity index (χ1n) is 9.18. The molecule has 0 saturated heterocycles. The molecular weight excluding hydrogens is 423 g/mol. The van der Waals surface area contributed by atoms with Gasteiger partial charge >= 0.3 is 35.6 Å². The monoisotopic (exact) mass is 454 g/mol. The maximum atomic E-state index is 7.00. The molecule has 1 aliphatic carbocycles. The molecule has 0 radical (unpaired) electrons. The molecule has 0 spiro atoms. The summed E-state index contributed by atoms with van der Waals surface area (Å²) in [7, 11) is 10.8. The predicted molar refractivity (Wildman–Crippen MR) is 122 cm³/mol. The summed E-state index contributed by atoms with van der Waals surface area (Å²) in [5.74, 6) is 1.84. The van der Waals surface area contributed by atoms with Gasteiger partial charge in [0, 0.05) is 13.0 Å². The Bertz CT molecular complexity index is 767. The van der Waals surface area contributed by atoms with E-state index in [1.165, 1.54) is 44.5 Å². The fourth-order valence-electron chi connectivity index (χ4n) is 3.12. The van der Waals surface area contributed by atoms with Gasteiger partial charge in [0.15, 0.2) is 0 Å². The van der Waals surface area contributed by atoms with Crippen molar-refractivity contribution in [3.63, 3.8) is 0 Å². The van der Waals surface area contributed by atoms with Crippen molar-refractivity contribution in [2.45, 2.75) is 54.4 Å². The summed E-state index contributed by atoms with van der Waals surface area (Å²) in [6.45, 7) is 15.2. The van der Waals surface area contributed by atoms with Crippen LogP contribution in [0.2, 0.25) is 0 Å². The van der Waals surface area contributed by atoms with Crippen LogP contribution < -0.4 is 0 Å². The second-order valence-corrected chi connectivity index (χ2v) is 9.70. The Morgan fingerprint density at radius 1 is 0.857 bits per heavy atom. The molecule has 1 nitrogen and oxygen atoms in total. The molecule has 0 unspecified atom stereocenters. The van der Waals surface area contributed by atoms with E-state index in [9.17, 15) is 0 Å². The molecule has 0 bridgehead atoms. The normalized spacial score (nSPS) is 13.4. The molecule has 2 aromatic rings. The van der Waals surface area contributed by atoms with E-state index in [2.05, 4.69) is 90.9 Å². The van der Waals surface area contributed by atoms with Gasteiger partial charge in [0.05, 0.1) is 0 Å². The summed E-state index contributed by atoms with van der Waals surface area (Å²) < 4.78 is 0. The first-order valence-corrected chi connectivity index (χ1v) is 13.5. The second kappa shape index (κ2) is 14.4. The van der Waals surface area contributed by atoms with Gasteiger partial charge < -0.3 is 11.0 Å². The van der Waals surface area contributed by atoms with E-state index in [1.54, 1.807) is 0 Å². The Labute approximate surface area is 188 Å². The van der Waals surface area contributed by atoms with Crippen molar-refractivity contribution >= 4 is 29.4 Å². The minimum atomic E-state index is -0.556. The van der Waals surface area contributed by atoms with E-state index in [0.717, 1.165) is 7.11 Å². The molecule has 0 fully saturated rings. The Morgan fingerprint density at radius 2 is 1.29 bits per heavy atom. The van der Waals surface area contributed by atoms with Gasteiger partial charge in [-0.3, -0.25) is 0 Å². The summed E-state index contributed by atoms with van der Waals surface area (Å²) in [5, 5.41) is 9.48. The van der Waals surface area contributed by atoms with Crippen molar-refractivity contribution in [2.75, 3.05) is 7.11 Å². The molecule has 154 valence electrons. The molecular formula is C24H32Cl2OTi-2. The molecule has 1 aliphatic rings. The molecule has 3 rings (SSSR count). The van der Waals surface area contributed by atoms with Gasteiger partial charge in [-0.1, -0.05) is 23.3 Å². The second-order valence-electron chi connectivity index (χ2n) is 7.12. The number of benzene rings is 2. The molecule has 0 saturated carbocycles. The summed E-state index contributed by atoms with van der Waals surface area (Å²) in [5.41, 5.74) is 7.14. The van der Waals surface area contributed by atoms with E-state index >= 15 is 0 Å². The van der Waals surface area contributed by atoms with Gasteiger partial charge in [0.25, 0.3) is 0 Å². The van der Waals surface area contributed by atoms with Crippen LogP contribution in [0.5, 0.6) is 0 Å². The third-order valence-electron chi connectivity index (χ3n) is 4.60. The van der Waals surface area contributed by atoms with E-state index in [-0.39, 0.29) is 0 Å². The van der Waals surface area contributed by atoms with Gasteiger partial charge in [-0.2, -0.15) is 20.8 Å². The molecule has 2 aromatic carbocycles. The van der Waals surface area contributed by atoms with Gasteiger partial charge in [-0.05, 0) is 38.8 Å². The summed E-state index contributed by atoms with van der Waals surface area (Å²) in [4.78, 5) is 0. The van der Waals surface area contributed by atoms with Crippen LogP contribution in [0.3, 0.4) is 0 Å². The topological polar surface area (TPSA) is 20.2 Å². The molecule has 28 heavy (non-hydrogen) atoms. The molecule has 4 heteroatoms. The first-order chi connectivity index (χ1) is 13.2. The van der Waals surface area contributed by atoms with Gasteiger partial charge in [0.2, 0.25) is 0 Å². The molecule has 0 atom stereocenters. The van der Waals surface area contributed by atoms with Crippen LogP contribution in [0.15, 0.2) is 58.7 Å². The van der Waals surface area contributed by atoms with Gasteiger partial charge in [-0.15, -0.1) is 46.7 Å². The van der Waals surface area contributed by atoms with Crippen molar-refractivity contribution in [1.82, 2.24) is 0 Å². The van der Waals surface area contributed by atoms with E-state index < -0.39 is 17.0 Å². The van der Waals surface area contributed by atoms with Gasteiger partial charge in [-0.25, -0.2) is 0 Å². The molecule has 0 amide bonds. The summed E-state index contributed by atoms with van der Waals surface area (Å²) >= 11 is -0.556. The van der Waals surface area contributed by atoms with Crippen molar-refractivity contribution in [2.24, 2.45) is 0 Å². The number of allylic oxidation sites excluding steroid dienone is 4. The Morgan fingerprint density at radius 3 is 1.75 bits per heavy atom. The maximum absolute atomic E-state index is 7.00. The Balaban J connectivity index is 0.000000696. The average Bonchev–Trinajstić information content (AvgIpc) is 2.86. The zero-order valence-electron chi connectivity index (χ0n) is 18.2. The average molecular weight is 455 g/mol. The SMILES string of the molecule is CC1=C(C)C(c2[c-]c3ccccc3cc2)C(C)=C1C.CO.C[C-](C)C.[Cl][Ti][Cl]. The van der Waals surface area contributed by atoms with Crippen molar-refractivity contribution < 1.29 is 22.1 Å². The number of hydrogen-bond acceptors (Lipinski definition) is 1. The van der Waals surface area contributed by atoms with Crippen LogP contribution in [-0.4, -0.2) is 12.2 Å². The van der Waals surface area contributed by atoms with E-state index in [1.807, 2.05) is 0 Å². The Hall–Kier alpha value is -0.566. The van der Waals surface area contributed by atoms with Crippen molar-refractivity contribution in [3.05, 3.63) is 76.2 Å². The standard InChI is InChI=1S/C19H19.C4H9.CH4O.2ClH.Ti/c1-12-13(2)15(4)19(14(12)3)18-10-9-16-7-5-6-8-17(16)11-18;1-4(2)3;1-2;;;/h5-10,19H,1-4H3;1-3H3;2H,1H3;2*1H;/q2*-1;;;;+2/p-2. The fourth-order valence-corrected chi connectivity index (χ4v) is 3.12. The molecule has 1 N–H and O–H groups in total. The summed E-state index contributed by atoms with van der Waals surface area (Å²) in [6, 6.07) is 16.5. The van der Waals surface area contributed by atoms with Crippen LogP contribution >= 0.6 is 18.6 Å². The van der Waals surface area contributed by atoms with Gasteiger partial charge in [0.1, 0.15) is 0 Å². The fraction of sp³-hybridized carbons (Fsp3) is 0.375. The number of fused-ring (bicyclic) bond motifs is 1. The third-order valence-corrected chi connectivity index (χ3v) is 4.60. The van der Waals surface area contributed by atoms with Crippen LogP contribution in [-0.2, 0) is 17.0 Å². The number of rotatable bonds is 1. The quantitative estimate of drug-likeness (QED) is 0.341. The summed E-state index contributed by atoms with van der Waals surface area (Å²) in [6.07, 6.45) is 0. The molecule has 0 heterocycles. The van der Waals surface area contributed by atoms with Crippen LogP contribution in [0.4, 0.5) is 0 Å². The first kappa shape index (κ1) is 27.4. The Kier molecular flexibility index (Phi) is 14.1. The minimum absolute atomic E-state index is 0.421. The van der Waals surface area contributed by atoms with Crippen molar-refractivity contribution in [3.8, 4) is 0 Å². The van der Waals surface area contributed by atoms with Crippen LogP contribution in [0, 0.1) is 12.0 Å². The zero-order chi connectivity index (χ0) is 21.9. The van der Waals surface area contributed by atoms with Crippen molar-refractivity contribution in [1.29, 1.82) is 0 Å². The zero-order valence-corrected chi connectivity index (χ0v) is 21.3. The number of halogens is 2. The van der Waals surface area contributed by atoms with E-state index in [4.69, 9.17) is 23.7 Å². The number of aliphatic hydroxyl groups is 1. The number of aliphatic hydroxyl groups excluding tert-OH is 1. The number of hydrogen-bond donors (Lipinski definition) is 1. The molecule has 0 aromatic heterocycles. The van der Waals surface area contributed by atoms with Crippen LogP contribution in [0.1, 0.15) is 59.9 Å². The van der Waals surface area contributed by atoms with E-state index in [0.29, 0.717) is 5.92 Å². The van der Waals surface area contributed by atoms with Crippen LogP contribution in [0.25, 0.3) is 10.8 Å².